The smallest absolute Gasteiger partial charge is 0.229 e. The number of hydrogen-bond acceptors (Lipinski definition) is 3. The molecule has 1 saturated heterocycles. The lowest BCUT2D eigenvalue weighted by atomic mass is 9.85. The molecule has 5 atom stereocenters. The van der Waals surface area contributed by atoms with Gasteiger partial charge in [-0.25, -0.2) is 26.3 Å². The van der Waals surface area contributed by atoms with Crippen LogP contribution in [-0.2, 0) is 20.5 Å². The van der Waals surface area contributed by atoms with E-state index in [2.05, 4.69) is 4.72 Å². The molecule has 0 aromatic heterocycles. The second kappa shape index (κ2) is 7.88. The third kappa shape index (κ3) is 3.92. The van der Waals surface area contributed by atoms with Gasteiger partial charge >= 0.3 is 0 Å². The molecular formula is C23H25F3N2O3S. The van der Waals surface area contributed by atoms with Gasteiger partial charge in [-0.3, -0.25) is 4.79 Å². The monoisotopic (exact) mass is 466 g/mol. The largest absolute Gasteiger partial charge is 0.337 e. The molecule has 1 heterocycles. The van der Waals surface area contributed by atoms with Crippen molar-refractivity contribution in [1.29, 1.82) is 0 Å². The Labute approximate surface area is 185 Å². The third-order valence-corrected chi connectivity index (χ3v) is 7.22. The minimum atomic E-state index is -3.47. The Kier molecular flexibility index (Phi) is 5.61. The summed E-state index contributed by atoms with van der Waals surface area (Å²) < 4.78 is 70.4. The SMILES string of the molecule is C[C@@H]1CN(C(=O)[C@@H]2C[C@@]2(F)c2ccccc2-c2c(F)cccc2F)[C@@H]1[C@H](C)NS(C)(=O)=O. The van der Waals surface area contributed by atoms with Crippen LogP contribution in [0.5, 0.6) is 0 Å². The molecule has 0 spiro atoms. The molecule has 32 heavy (non-hydrogen) atoms. The van der Waals surface area contributed by atoms with Crippen molar-refractivity contribution in [3.63, 3.8) is 0 Å². The van der Waals surface area contributed by atoms with Crippen LogP contribution in [0.4, 0.5) is 13.2 Å². The number of nitrogens with one attached hydrogen (secondary N) is 1. The summed E-state index contributed by atoms with van der Waals surface area (Å²) in [6, 6.07) is 8.59. The Hall–Kier alpha value is -2.39. The summed E-state index contributed by atoms with van der Waals surface area (Å²) in [7, 11) is -3.47. The van der Waals surface area contributed by atoms with Crippen LogP contribution in [0.25, 0.3) is 11.1 Å². The van der Waals surface area contributed by atoms with Gasteiger partial charge in [0.05, 0.1) is 23.8 Å². The molecule has 5 nitrogen and oxygen atoms in total. The van der Waals surface area contributed by atoms with Gasteiger partial charge in [-0.2, -0.15) is 0 Å². The Morgan fingerprint density at radius 1 is 1.16 bits per heavy atom. The highest BCUT2D eigenvalue weighted by molar-refractivity contribution is 7.88. The number of rotatable bonds is 6. The molecule has 1 aliphatic carbocycles. The lowest BCUT2D eigenvalue weighted by Gasteiger charge is -2.50. The zero-order valence-corrected chi connectivity index (χ0v) is 18.8. The average molecular weight is 467 g/mol. The molecule has 0 bridgehead atoms. The molecule has 0 unspecified atom stereocenters. The van der Waals surface area contributed by atoms with Gasteiger partial charge in [-0.05, 0) is 36.1 Å². The lowest BCUT2D eigenvalue weighted by molar-refractivity contribution is -0.147. The first-order valence-electron chi connectivity index (χ1n) is 10.4. The van der Waals surface area contributed by atoms with Crippen LogP contribution >= 0.6 is 0 Å². The fourth-order valence-electron chi connectivity index (χ4n) is 4.95. The van der Waals surface area contributed by atoms with Crippen LogP contribution < -0.4 is 4.72 Å². The van der Waals surface area contributed by atoms with Crippen molar-refractivity contribution in [3.05, 3.63) is 59.7 Å². The maximum atomic E-state index is 16.0. The number of nitrogens with zero attached hydrogens (tertiary/aromatic N) is 1. The van der Waals surface area contributed by atoms with Crippen molar-refractivity contribution < 1.29 is 26.4 Å². The number of carbonyl (C=O) groups is 1. The topological polar surface area (TPSA) is 66.5 Å². The van der Waals surface area contributed by atoms with Crippen LogP contribution in [0, 0.1) is 23.5 Å². The van der Waals surface area contributed by atoms with E-state index >= 15 is 4.39 Å². The molecule has 172 valence electrons. The number of halogens is 3. The first-order chi connectivity index (χ1) is 14.9. The zero-order valence-electron chi connectivity index (χ0n) is 18.0. The molecule has 1 amide bonds. The van der Waals surface area contributed by atoms with E-state index < -0.39 is 45.2 Å². The van der Waals surface area contributed by atoms with Gasteiger partial charge in [0.15, 0.2) is 0 Å². The quantitative estimate of drug-likeness (QED) is 0.708. The number of hydrogen-bond donors (Lipinski definition) is 1. The zero-order chi connectivity index (χ0) is 23.4. The van der Waals surface area contributed by atoms with Gasteiger partial charge in [0, 0.05) is 19.0 Å². The molecule has 0 radical (unpaired) electrons. The first kappa shape index (κ1) is 22.8. The minimum absolute atomic E-state index is 0.0516. The predicted molar refractivity (Wildman–Crippen MR) is 115 cm³/mol. The molecule has 1 N–H and O–H groups in total. The fourth-order valence-corrected chi connectivity index (χ4v) is 5.77. The summed E-state index contributed by atoms with van der Waals surface area (Å²) in [6.45, 7) is 3.98. The van der Waals surface area contributed by atoms with Gasteiger partial charge in [-0.15, -0.1) is 0 Å². The average Bonchev–Trinajstić information content (AvgIpc) is 3.37. The van der Waals surface area contributed by atoms with Gasteiger partial charge < -0.3 is 4.90 Å². The molecule has 4 rings (SSSR count). The minimum Gasteiger partial charge on any atom is -0.337 e. The number of likely N-dealkylation sites (tertiary alicyclic amines) is 1. The van der Waals surface area contributed by atoms with E-state index in [0.717, 1.165) is 18.4 Å². The van der Waals surface area contributed by atoms with E-state index in [1.165, 1.54) is 23.1 Å². The van der Waals surface area contributed by atoms with E-state index in [1.807, 2.05) is 6.92 Å². The van der Waals surface area contributed by atoms with E-state index in [0.29, 0.717) is 6.54 Å². The number of benzene rings is 2. The number of carbonyl (C=O) groups excluding carboxylic acids is 1. The standard InChI is InChI=1S/C23H25F3N2O3S/c1-13-12-28(21(13)14(2)27-32(3,30)31)22(29)17-11-23(17,26)16-8-5-4-7-15(16)20-18(24)9-6-10-19(20)25/h4-10,13-14,17,21,27H,11-12H2,1-3H3/t13-,14+,17+,21+,23-/m1/s1. The lowest BCUT2D eigenvalue weighted by Crippen LogP contribution is -2.65. The summed E-state index contributed by atoms with van der Waals surface area (Å²) >= 11 is 0. The van der Waals surface area contributed by atoms with E-state index in [1.54, 1.807) is 19.1 Å². The normalized spacial score (nSPS) is 28.2. The van der Waals surface area contributed by atoms with E-state index in [4.69, 9.17) is 0 Å². The predicted octanol–water partition coefficient (Wildman–Crippen LogP) is 3.60. The highest BCUT2D eigenvalue weighted by Crippen LogP contribution is 2.59. The van der Waals surface area contributed by atoms with Crippen LogP contribution in [0.3, 0.4) is 0 Å². The Morgan fingerprint density at radius 3 is 2.38 bits per heavy atom. The van der Waals surface area contributed by atoms with Gasteiger partial charge in [-0.1, -0.05) is 37.3 Å². The Morgan fingerprint density at radius 2 is 1.78 bits per heavy atom. The molecule has 1 saturated carbocycles. The summed E-state index contributed by atoms with van der Waals surface area (Å²) in [5, 5.41) is 0. The van der Waals surface area contributed by atoms with Crippen molar-refractivity contribution in [2.75, 3.05) is 12.8 Å². The van der Waals surface area contributed by atoms with E-state index in [9.17, 15) is 22.0 Å². The van der Waals surface area contributed by atoms with Crippen LogP contribution in [0.15, 0.2) is 42.5 Å². The molecule has 9 heteroatoms. The van der Waals surface area contributed by atoms with Crippen LogP contribution in [-0.4, -0.2) is 44.1 Å². The molecular weight excluding hydrogens is 441 g/mol. The summed E-state index contributed by atoms with van der Waals surface area (Å²) in [5.41, 5.74) is -2.20. The third-order valence-electron chi connectivity index (χ3n) is 6.42. The first-order valence-corrected chi connectivity index (χ1v) is 12.3. The summed E-state index contributed by atoms with van der Waals surface area (Å²) in [4.78, 5) is 14.7. The highest BCUT2D eigenvalue weighted by atomic mass is 32.2. The molecule has 1 aliphatic heterocycles. The summed E-state index contributed by atoms with van der Waals surface area (Å²) in [6.07, 6.45) is 0.954. The van der Waals surface area contributed by atoms with Crippen molar-refractivity contribution in [1.82, 2.24) is 9.62 Å². The van der Waals surface area contributed by atoms with Crippen molar-refractivity contribution in [3.8, 4) is 11.1 Å². The van der Waals surface area contributed by atoms with E-state index in [-0.39, 0.29) is 35.1 Å². The maximum absolute atomic E-state index is 16.0. The Bertz CT molecular complexity index is 1150. The van der Waals surface area contributed by atoms with Crippen molar-refractivity contribution in [2.24, 2.45) is 11.8 Å². The number of sulfonamides is 1. The van der Waals surface area contributed by atoms with Crippen molar-refractivity contribution >= 4 is 15.9 Å². The fraction of sp³-hybridized carbons (Fsp3) is 0.435. The van der Waals surface area contributed by atoms with Gasteiger partial charge in [0.25, 0.3) is 0 Å². The van der Waals surface area contributed by atoms with Gasteiger partial charge in [0.1, 0.15) is 17.3 Å². The van der Waals surface area contributed by atoms with Crippen molar-refractivity contribution in [2.45, 2.75) is 38.0 Å². The number of amides is 1. The second-order valence-electron chi connectivity index (χ2n) is 8.90. The Balaban J connectivity index is 1.60. The molecule has 2 aromatic rings. The molecule has 2 fully saturated rings. The molecule has 2 aliphatic rings. The highest BCUT2D eigenvalue weighted by Gasteiger charge is 2.64. The summed E-state index contributed by atoms with van der Waals surface area (Å²) in [5.74, 6) is -2.96. The molecule has 2 aromatic carbocycles. The second-order valence-corrected chi connectivity index (χ2v) is 10.7. The van der Waals surface area contributed by atoms with Crippen LogP contribution in [0.2, 0.25) is 0 Å². The number of alkyl halides is 1. The van der Waals surface area contributed by atoms with Crippen LogP contribution in [0.1, 0.15) is 25.8 Å². The maximum Gasteiger partial charge on any atom is 0.229 e. The van der Waals surface area contributed by atoms with Gasteiger partial charge in [0.2, 0.25) is 15.9 Å².